The fraction of sp³-hybridized carbons (Fsp3) is 0.312. The number of nitrogens with zero attached hydrogens (tertiary/aromatic N) is 1. The topological polar surface area (TPSA) is 24.9 Å². The molecule has 3 heteroatoms. The van der Waals surface area contributed by atoms with Crippen molar-refractivity contribution in [2.75, 3.05) is 0 Å². The van der Waals surface area contributed by atoms with E-state index >= 15 is 0 Å². The second kappa shape index (κ2) is 6.69. The number of rotatable bonds is 5. The number of benzene rings is 1. The number of aryl methyl sites for hydroxylation is 1. The molecule has 2 aromatic rings. The number of pyridine rings is 1. The van der Waals surface area contributed by atoms with Gasteiger partial charge in [0.2, 0.25) is 0 Å². The zero-order chi connectivity index (χ0) is 13.7. The summed E-state index contributed by atoms with van der Waals surface area (Å²) in [6.45, 7) is 4.97. The van der Waals surface area contributed by atoms with Crippen molar-refractivity contribution >= 4 is 11.6 Å². The number of nitrogens with one attached hydrogen (secondary N) is 1. The van der Waals surface area contributed by atoms with E-state index in [-0.39, 0.29) is 0 Å². The van der Waals surface area contributed by atoms with Gasteiger partial charge in [0.1, 0.15) is 0 Å². The van der Waals surface area contributed by atoms with Crippen LogP contribution in [0.1, 0.15) is 36.3 Å². The maximum atomic E-state index is 5.92. The lowest BCUT2D eigenvalue weighted by Crippen LogP contribution is -2.20. The highest BCUT2D eigenvalue weighted by atomic mass is 35.5. The van der Waals surface area contributed by atoms with Gasteiger partial charge in [-0.1, -0.05) is 36.7 Å². The number of halogens is 1. The van der Waals surface area contributed by atoms with Crippen LogP contribution in [0.5, 0.6) is 0 Å². The van der Waals surface area contributed by atoms with Crippen LogP contribution < -0.4 is 5.32 Å². The van der Waals surface area contributed by atoms with E-state index in [1.165, 1.54) is 5.56 Å². The normalized spacial score (nSPS) is 12.4. The van der Waals surface area contributed by atoms with Crippen LogP contribution in [0, 0.1) is 6.92 Å². The fourth-order valence-electron chi connectivity index (χ4n) is 2.12. The van der Waals surface area contributed by atoms with Gasteiger partial charge in [0.25, 0.3) is 0 Å². The molecule has 1 aromatic carbocycles. The highest BCUT2D eigenvalue weighted by molar-refractivity contribution is 6.30. The van der Waals surface area contributed by atoms with Crippen LogP contribution in [0.3, 0.4) is 0 Å². The predicted molar refractivity (Wildman–Crippen MR) is 80.3 cm³/mol. The Morgan fingerprint density at radius 3 is 2.53 bits per heavy atom. The third-order valence-electron chi connectivity index (χ3n) is 3.16. The van der Waals surface area contributed by atoms with Gasteiger partial charge >= 0.3 is 0 Å². The van der Waals surface area contributed by atoms with Gasteiger partial charge in [-0.2, -0.15) is 0 Å². The van der Waals surface area contributed by atoms with Crippen molar-refractivity contribution in [3.05, 3.63) is 64.4 Å². The third-order valence-corrected chi connectivity index (χ3v) is 3.41. The summed E-state index contributed by atoms with van der Waals surface area (Å²) in [6.07, 6.45) is 1.04. The molecular weight excluding hydrogens is 256 g/mol. The molecule has 0 spiro atoms. The molecule has 1 N–H and O–H groups in total. The maximum Gasteiger partial charge on any atom is 0.0545 e. The van der Waals surface area contributed by atoms with Crippen molar-refractivity contribution in [3.8, 4) is 0 Å². The van der Waals surface area contributed by atoms with Crippen LogP contribution in [0.2, 0.25) is 5.02 Å². The van der Waals surface area contributed by atoms with Crippen molar-refractivity contribution in [1.82, 2.24) is 10.3 Å². The lowest BCUT2D eigenvalue weighted by Gasteiger charge is -2.17. The minimum atomic E-state index is 0.333. The Labute approximate surface area is 119 Å². The van der Waals surface area contributed by atoms with Crippen molar-refractivity contribution in [2.24, 2.45) is 0 Å². The van der Waals surface area contributed by atoms with Gasteiger partial charge in [-0.15, -0.1) is 0 Å². The molecule has 0 aliphatic rings. The summed E-state index contributed by atoms with van der Waals surface area (Å²) in [6, 6.07) is 14.5. The lowest BCUT2D eigenvalue weighted by atomic mass is 10.0. The molecule has 2 nitrogen and oxygen atoms in total. The molecule has 0 saturated carbocycles. The second-order valence-electron chi connectivity index (χ2n) is 4.66. The third kappa shape index (κ3) is 4.05. The van der Waals surface area contributed by atoms with E-state index < -0.39 is 0 Å². The average molecular weight is 275 g/mol. The Morgan fingerprint density at radius 1 is 1.16 bits per heavy atom. The summed E-state index contributed by atoms with van der Waals surface area (Å²) in [5.41, 5.74) is 3.39. The van der Waals surface area contributed by atoms with E-state index in [1.54, 1.807) is 0 Å². The molecule has 0 saturated heterocycles. The van der Waals surface area contributed by atoms with E-state index in [9.17, 15) is 0 Å². The van der Waals surface area contributed by atoms with Gasteiger partial charge in [-0.3, -0.25) is 4.98 Å². The maximum absolute atomic E-state index is 5.92. The molecule has 1 atom stereocenters. The first-order valence-corrected chi connectivity index (χ1v) is 6.98. The molecule has 0 radical (unpaired) electrons. The van der Waals surface area contributed by atoms with Crippen molar-refractivity contribution < 1.29 is 0 Å². The molecule has 1 unspecified atom stereocenters. The van der Waals surface area contributed by atoms with Crippen LogP contribution in [-0.2, 0) is 6.54 Å². The molecule has 0 bridgehead atoms. The molecule has 2 rings (SSSR count). The minimum absolute atomic E-state index is 0.333. The van der Waals surface area contributed by atoms with E-state index in [4.69, 9.17) is 11.6 Å². The van der Waals surface area contributed by atoms with Gasteiger partial charge in [0.05, 0.1) is 5.69 Å². The predicted octanol–water partition coefficient (Wildman–Crippen LogP) is 4.28. The molecule has 0 aliphatic carbocycles. The van der Waals surface area contributed by atoms with Crippen LogP contribution in [0.4, 0.5) is 0 Å². The van der Waals surface area contributed by atoms with Crippen LogP contribution in [-0.4, -0.2) is 4.98 Å². The van der Waals surface area contributed by atoms with E-state index in [0.29, 0.717) is 6.04 Å². The van der Waals surface area contributed by atoms with Crippen LogP contribution in [0.15, 0.2) is 42.5 Å². The van der Waals surface area contributed by atoms with Gasteiger partial charge in [0.15, 0.2) is 0 Å². The second-order valence-corrected chi connectivity index (χ2v) is 5.10. The van der Waals surface area contributed by atoms with Gasteiger partial charge in [0, 0.05) is 23.3 Å². The average Bonchev–Trinajstić information content (AvgIpc) is 2.41. The Kier molecular flexibility index (Phi) is 4.94. The monoisotopic (exact) mass is 274 g/mol. The number of hydrogen-bond acceptors (Lipinski definition) is 2. The zero-order valence-corrected chi connectivity index (χ0v) is 12.1. The van der Waals surface area contributed by atoms with E-state index in [1.807, 2.05) is 31.2 Å². The Bertz CT molecular complexity index is 523. The quantitative estimate of drug-likeness (QED) is 0.880. The standard InChI is InChI=1S/C16H19ClN2/c1-3-16(13-7-9-14(17)10-8-13)18-11-15-6-4-5-12(2)19-15/h4-10,16,18H,3,11H2,1-2H3. The molecule has 100 valence electrons. The van der Waals surface area contributed by atoms with Gasteiger partial charge < -0.3 is 5.32 Å². The Balaban J connectivity index is 2.01. The lowest BCUT2D eigenvalue weighted by molar-refractivity contribution is 0.514. The molecule has 19 heavy (non-hydrogen) atoms. The van der Waals surface area contributed by atoms with Crippen LogP contribution in [0.25, 0.3) is 0 Å². The smallest absolute Gasteiger partial charge is 0.0545 e. The minimum Gasteiger partial charge on any atom is -0.304 e. The van der Waals surface area contributed by atoms with Gasteiger partial charge in [-0.25, -0.2) is 0 Å². The van der Waals surface area contributed by atoms with E-state index in [0.717, 1.165) is 29.4 Å². The molecule has 0 amide bonds. The van der Waals surface area contributed by atoms with Crippen molar-refractivity contribution in [3.63, 3.8) is 0 Å². The molecule has 0 aliphatic heterocycles. The summed E-state index contributed by atoms with van der Waals surface area (Å²) in [5.74, 6) is 0. The summed E-state index contributed by atoms with van der Waals surface area (Å²) in [7, 11) is 0. The highest BCUT2D eigenvalue weighted by Crippen LogP contribution is 2.19. The van der Waals surface area contributed by atoms with Crippen molar-refractivity contribution in [1.29, 1.82) is 0 Å². The largest absolute Gasteiger partial charge is 0.304 e. The molecular formula is C16H19ClN2. The summed E-state index contributed by atoms with van der Waals surface area (Å²) in [4.78, 5) is 4.50. The Morgan fingerprint density at radius 2 is 1.89 bits per heavy atom. The van der Waals surface area contributed by atoms with Gasteiger partial charge in [-0.05, 0) is 43.2 Å². The first kappa shape index (κ1) is 14.0. The summed E-state index contributed by atoms with van der Waals surface area (Å²) in [5, 5.41) is 4.32. The summed E-state index contributed by atoms with van der Waals surface area (Å²) >= 11 is 5.92. The Hall–Kier alpha value is -1.38. The van der Waals surface area contributed by atoms with Crippen LogP contribution >= 0.6 is 11.6 Å². The summed E-state index contributed by atoms with van der Waals surface area (Å²) < 4.78 is 0. The van der Waals surface area contributed by atoms with E-state index in [2.05, 4.69) is 35.4 Å². The fourth-order valence-corrected chi connectivity index (χ4v) is 2.24. The first-order valence-electron chi connectivity index (χ1n) is 6.60. The number of hydrogen-bond donors (Lipinski definition) is 1. The SMILES string of the molecule is CCC(NCc1cccc(C)n1)c1ccc(Cl)cc1. The molecule has 1 heterocycles. The number of aromatic nitrogens is 1. The first-order chi connectivity index (χ1) is 9.19. The van der Waals surface area contributed by atoms with Crippen molar-refractivity contribution in [2.45, 2.75) is 32.9 Å². The molecule has 1 aromatic heterocycles. The molecule has 0 fully saturated rings. The highest BCUT2D eigenvalue weighted by Gasteiger charge is 2.08. The zero-order valence-electron chi connectivity index (χ0n) is 11.4.